The molecule has 132 valence electrons. The van der Waals surface area contributed by atoms with E-state index in [1.54, 1.807) is 6.07 Å². The molecular weight excluding hydrogens is 313 g/mol. The van der Waals surface area contributed by atoms with Gasteiger partial charge in [-0.1, -0.05) is 26.0 Å². The maximum atomic E-state index is 13.3. The number of hydrogen-bond donors (Lipinski definition) is 3. The number of primary amides is 1. The van der Waals surface area contributed by atoms with Crippen molar-refractivity contribution in [3.63, 3.8) is 0 Å². The Morgan fingerprint density at radius 3 is 2.33 bits per heavy atom. The van der Waals surface area contributed by atoms with Crippen molar-refractivity contribution in [2.45, 2.75) is 45.7 Å². The average Bonchev–Trinajstić information content (AvgIpc) is 2.44. The Bertz CT molecular complexity index is 604. The number of carbonyl (C=O) groups is 3. The van der Waals surface area contributed by atoms with Crippen LogP contribution in [0.3, 0.4) is 0 Å². The molecular formula is C17H24FN3O3. The first-order chi connectivity index (χ1) is 11.2. The quantitative estimate of drug-likeness (QED) is 0.656. The number of hydrogen-bond acceptors (Lipinski definition) is 3. The molecule has 0 unspecified atom stereocenters. The zero-order chi connectivity index (χ0) is 18.3. The Balaban J connectivity index is 2.87. The van der Waals surface area contributed by atoms with Gasteiger partial charge in [-0.05, 0) is 30.0 Å². The number of benzene rings is 1. The predicted octanol–water partition coefficient (Wildman–Crippen LogP) is 0.889. The molecule has 0 aliphatic rings. The molecule has 0 bridgehead atoms. The fourth-order valence-corrected chi connectivity index (χ4v) is 2.34. The van der Waals surface area contributed by atoms with E-state index >= 15 is 0 Å². The molecule has 0 spiro atoms. The van der Waals surface area contributed by atoms with Gasteiger partial charge in [0, 0.05) is 13.3 Å². The molecule has 4 N–H and O–H groups in total. The number of nitrogens with one attached hydrogen (secondary N) is 2. The predicted molar refractivity (Wildman–Crippen MR) is 88.3 cm³/mol. The Labute approximate surface area is 141 Å². The zero-order valence-electron chi connectivity index (χ0n) is 14.1. The van der Waals surface area contributed by atoms with Crippen LogP contribution in [0.15, 0.2) is 24.3 Å². The van der Waals surface area contributed by atoms with Crippen LogP contribution < -0.4 is 16.4 Å². The highest BCUT2D eigenvalue weighted by atomic mass is 19.1. The third kappa shape index (κ3) is 6.76. The lowest BCUT2D eigenvalue weighted by molar-refractivity contribution is -0.131. The largest absolute Gasteiger partial charge is 0.368 e. The number of carbonyl (C=O) groups excluding carboxylic acids is 3. The van der Waals surface area contributed by atoms with Crippen molar-refractivity contribution >= 4 is 17.7 Å². The third-order valence-corrected chi connectivity index (χ3v) is 3.39. The molecule has 24 heavy (non-hydrogen) atoms. The fraction of sp³-hybridized carbons (Fsp3) is 0.471. The summed E-state index contributed by atoms with van der Waals surface area (Å²) in [6.07, 6.45) is 0.504. The fourth-order valence-electron chi connectivity index (χ4n) is 2.34. The molecule has 0 heterocycles. The zero-order valence-corrected chi connectivity index (χ0v) is 14.1. The highest BCUT2D eigenvalue weighted by Gasteiger charge is 2.25. The Morgan fingerprint density at radius 2 is 1.83 bits per heavy atom. The molecule has 0 saturated heterocycles. The van der Waals surface area contributed by atoms with Crippen LogP contribution in [0.4, 0.5) is 4.39 Å². The minimum Gasteiger partial charge on any atom is -0.368 e. The van der Waals surface area contributed by atoms with E-state index in [-0.39, 0.29) is 12.3 Å². The van der Waals surface area contributed by atoms with E-state index in [9.17, 15) is 18.8 Å². The topological polar surface area (TPSA) is 101 Å². The molecule has 0 saturated carbocycles. The standard InChI is InChI=1S/C17H24FN3O3/c1-10(2)7-14(16(19)23)21-17(24)15(20-11(3)22)9-12-5-4-6-13(18)8-12/h4-6,8,10,14-15H,7,9H2,1-3H3,(H2,19,23)(H,20,22)(H,21,24)/t14-,15-/m1/s1. The lowest BCUT2D eigenvalue weighted by Crippen LogP contribution is -2.53. The maximum absolute atomic E-state index is 13.3. The highest BCUT2D eigenvalue weighted by Crippen LogP contribution is 2.09. The summed E-state index contributed by atoms with van der Waals surface area (Å²) in [7, 11) is 0. The van der Waals surface area contributed by atoms with Gasteiger partial charge in [0.15, 0.2) is 0 Å². The van der Waals surface area contributed by atoms with Crippen LogP contribution in [-0.4, -0.2) is 29.8 Å². The van der Waals surface area contributed by atoms with Crippen molar-refractivity contribution in [2.24, 2.45) is 11.7 Å². The first-order valence-electron chi connectivity index (χ1n) is 7.80. The van der Waals surface area contributed by atoms with Crippen LogP contribution in [0.5, 0.6) is 0 Å². The van der Waals surface area contributed by atoms with Gasteiger partial charge in [-0.2, -0.15) is 0 Å². The molecule has 0 fully saturated rings. The third-order valence-electron chi connectivity index (χ3n) is 3.39. The van der Waals surface area contributed by atoms with Crippen LogP contribution in [0.2, 0.25) is 0 Å². The van der Waals surface area contributed by atoms with Crippen LogP contribution in [0, 0.1) is 11.7 Å². The Morgan fingerprint density at radius 1 is 1.17 bits per heavy atom. The smallest absolute Gasteiger partial charge is 0.243 e. The maximum Gasteiger partial charge on any atom is 0.243 e. The molecule has 1 rings (SSSR count). The number of amides is 3. The summed E-state index contributed by atoms with van der Waals surface area (Å²) in [6, 6.07) is 4.04. The second-order valence-corrected chi connectivity index (χ2v) is 6.18. The SMILES string of the molecule is CC(=O)N[C@H](Cc1cccc(F)c1)C(=O)N[C@H](CC(C)C)C(N)=O. The second-order valence-electron chi connectivity index (χ2n) is 6.18. The van der Waals surface area contributed by atoms with Gasteiger partial charge in [0.1, 0.15) is 17.9 Å². The van der Waals surface area contributed by atoms with Gasteiger partial charge in [0.25, 0.3) is 0 Å². The minimum absolute atomic E-state index is 0.107. The molecule has 6 nitrogen and oxygen atoms in total. The first-order valence-corrected chi connectivity index (χ1v) is 7.80. The van der Waals surface area contributed by atoms with Gasteiger partial charge in [-0.3, -0.25) is 14.4 Å². The van der Waals surface area contributed by atoms with Crippen LogP contribution >= 0.6 is 0 Å². The van der Waals surface area contributed by atoms with Gasteiger partial charge in [0.2, 0.25) is 17.7 Å². The summed E-state index contributed by atoms with van der Waals surface area (Å²) in [5, 5.41) is 5.09. The van der Waals surface area contributed by atoms with E-state index in [4.69, 9.17) is 5.73 Å². The Hall–Kier alpha value is -2.44. The number of rotatable bonds is 8. The monoisotopic (exact) mass is 337 g/mol. The highest BCUT2D eigenvalue weighted by molar-refractivity contribution is 5.91. The second kappa shape index (κ2) is 9.00. The molecule has 0 radical (unpaired) electrons. The summed E-state index contributed by atoms with van der Waals surface area (Å²) in [5.41, 5.74) is 5.88. The minimum atomic E-state index is -0.918. The van der Waals surface area contributed by atoms with Crippen molar-refractivity contribution in [3.05, 3.63) is 35.6 Å². The average molecular weight is 337 g/mol. The van der Waals surface area contributed by atoms with Crippen LogP contribution in [0.25, 0.3) is 0 Å². The van der Waals surface area contributed by atoms with Crippen molar-refractivity contribution in [3.8, 4) is 0 Å². The van der Waals surface area contributed by atoms with E-state index < -0.39 is 35.6 Å². The van der Waals surface area contributed by atoms with E-state index in [2.05, 4.69) is 10.6 Å². The normalized spacial score (nSPS) is 13.2. The van der Waals surface area contributed by atoms with Crippen LogP contribution in [0.1, 0.15) is 32.8 Å². The summed E-state index contributed by atoms with van der Waals surface area (Å²) < 4.78 is 13.3. The molecule has 0 aliphatic carbocycles. The summed E-state index contributed by atoms with van der Waals surface area (Å²) in [6.45, 7) is 5.09. The van der Waals surface area contributed by atoms with Crippen molar-refractivity contribution in [1.29, 1.82) is 0 Å². The van der Waals surface area contributed by atoms with Gasteiger partial charge < -0.3 is 16.4 Å². The van der Waals surface area contributed by atoms with Crippen molar-refractivity contribution in [1.82, 2.24) is 10.6 Å². The van der Waals surface area contributed by atoms with E-state index in [1.807, 2.05) is 13.8 Å². The summed E-state index contributed by atoms with van der Waals surface area (Å²) in [4.78, 5) is 35.3. The van der Waals surface area contributed by atoms with Gasteiger partial charge in [0.05, 0.1) is 0 Å². The van der Waals surface area contributed by atoms with Gasteiger partial charge in [-0.15, -0.1) is 0 Å². The number of halogens is 1. The van der Waals surface area contributed by atoms with E-state index in [0.29, 0.717) is 12.0 Å². The molecule has 2 atom stereocenters. The van der Waals surface area contributed by atoms with Crippen molar-refractivity contribution < 1.29 is 18.8 Å². The molecule has 3 amide bonds. The lowest BCUT2D eigenvalue weighted by Gasteiger charge is -2.22. The molecule has 1 aromatic rings. The van der Waals surface area contributed by atoms with Crippen molar-refractivity contribution in [2.75, 3.05) is 0 Å². The molecule has 7 heteroatoms. The summed E-state index contributed by atoms with van der Waals surface area (Å²) >= 11 is 0. The van der Waals surface area contributed by atoms with E-state index in [0.717, 1.165) is 0 Å². The van der Waals surface area contributed by atoms with E-state index in [1.165, 1.54) is 25.1 Å². The van der Waals surface area contributed by atoms with Gasteiger partial charge in [-0.25, -0.2) is 4.39 Å². The molecule has 0 aromatic heterocycles. The first kappa shape index (κ1) is 19.6. The lowest BCUT2D eigenvalue weighted by atomic mass is 10.0. The van der Waals surface area contributed by atoms with Crippen LogP contribution in [-0.2, 0) is 20.8 Å². The summed E-state index contributed by atoms with van der Waals surface area (Å²) in [5.74, 6) is -1.83. The Kier molecular flexibility index (Phi) is 7.35. The van der Waals surface area contributed by atoms with Gasteiger partial charge >= 0.3 is 0 Å². The molecule has 0 aliphatic heterocycles. The number of nitrogens with two attached hydrogens (primary N) is 1. The molecule has 1 aromatic carbocycles.